The molecule has 0 aliphatic carbocycles. The minimum Gasteiger partial charge on any atom is -0.445 e. The summed E-state index contributed by atoms with van der Waals surface area (Å²) >= 11 is 3.16. The number of hydrogen-bond acceptors (Lipinski definition) is 8. The first kappa shape index (κ1) is 20.4. The number of carbonyl (C=O) groups excluding carboxylic acids is 3. The number of aldehydes is 1. The summed E-state index contributed by atoms with van der Waals surface area (Å²) in [6.45, 7) is 3.14. The number of nitrogens with zero attached hydrogens (tertiary/aromatic N) is 2. The predicted molar refractivity (Wildman–Crippen MR) is 119 cm³/mol. The summed E-state index contributed by atoms with van der Waals surface area (Å²) in [5, 5.41) is 2.09. The Morgan fingerprint density at radius 2 is 1.87 bits per heavy atom. The number of hydrogen-bond donors (Lipinski definition) is 0. The Morgan fingerprint density at radius 1 is 1.13 bits per heavy atom. The molecule has 0 saturated heterocycles. The maximum atomic E-state index is 11.1. The average molecular weight is 439 g/mol. The first-order valence-electron chi connectivity index (χ1n) is 9.23. The summed E-state index contributed by atoms with van der Waals surface area (Å²) in [5.74, 6) is 0. The molecule has 0 saturated carbocycles. The number of furan rings is 1. The summed E-state index contributed by atoms with van der Waals surface area (Å²) in [7, 11) is 2.14. The summed E-state index contributed by atoms with van der Waals surface area (Å²) < 4.78 is 8.39. The second-order valence-electron chi connectivity index (χ2n) is 6.90. The fourth-order valence-electron chi connectivity index (χ4n) is 3.52. The maximum Gasteiger partial charge on any atom is 0.373 e. The van der Waals surface area contributed by atoms with Gasteiger partial charge in [0.05, 0.1) is 10.6 Å². The van der Waals surface area contributed by atoms with Gasteiger partial charge in [0.2, 0.25) is 0 Å². The van der Waals surface area contributed by atoms with Crippen LogP contribution in [0, 0.1) is 0 Å². The number of fused-ring (bicyclic) bond motifs is 4. The van der Waals surface area contributed by atoms with Crippen molar-refractivity contribution in [2.45, 2.75) is 17.9 Å². The van der Waals surface area contributed by atoms with E-state index in [0.717, 1.165) is 39.8 Å². The molecule has 0 radical (unpaired) electrons. The number of likely N-dealkylation sites (N-methyl/N-ethyl adjacent to an activating group) is 1. The van der Waals surface area contributed by atoms with Gasteiger partial charge in [-0.25, -0.2) is 4.31 Å². The van der Waals surface area contributed by atoms with Crippen LogP contribution >= 0.6 is 23.3 Å². The van der Waals surface area contributed by atoms with Crippen molar-refractivity contribution in [3.8, 4) is 0 Å². The minimum absolute atomic E-state index is 0.250. The molecular formula is C22H18N2O4S2. The molecule has 0 fully saturated rings. The molecule has 1 aliphatic heterocycles. The van der Waals surface area contributed by atoms with Crippen molar-refractivity contribution in [3.63, 3.8) is 0 Å². The average Bonchev–Trinajstić information content (AvgIpc) is 3.26. The number of para-hydroxylation sites is 1. The van der Waals surface area contributed by atoms with Crippen molar-refractivity contribution in [3.05, 3.63) is 53.4 Å². The molecule has 0 bridgehead atoms. The molecule has 152 valence electrons. The van der Waals surface area contributed by atoms with Crippen LogP contribution in [-0.2, 0) is 9.59 Å². The van der Waals surface area contributed by atoms with Crippen LogP contribution in [-0.4, -0.2) is 36.4 Å². The number of rotatable bonds is 2. The maximum absolute atomic E-state index is 11.1. The predicted octanol–water partition coefficient (Wildman–Crippen LogP) is 5.36. The minimum atomic E-state index is 0.250. The Morgan fingerprint density at radius 3 is 2.57 bits per heavy atom. The summed E-state index contributed by atoms with van der Waals surface area (Å²) in [5.41, 5.74) is 3.20. The van der Waals surface area contributed by atoms with Crippen LogP contribution < -0.4 is 4.90 Å². The molecule has 2 aromatic carbocycles. The van der Waals surface area contributed by atoms with E-state index in [1.54, 1.807) is 11.9 Å². The molecule has 1 atom stereocenters. The van der Waals surface area contributed by atoms with Crippen LogP contribution in [0.3, 0.4) is 0 Å². The molecule has 0 spiro atoms. The van der Waals surface area contributed by atoms with Gasteiger partial charge < -0.3 is 9.32 Å². The number of thiophene rings is 1. The summed E-state index contributed by atoms with van der Waals surface area (Å²) in [6.07, 6.45) is 1.14. The van der Waals surface area contributed by atoms with Gasteiger partial charge in [0.15, 0.2) is 11.2 Å². The Balaban J connectivity index is 0.000000687. The Kier molecular flexibility index (Phi) is 5.74. The molecule has 0 amide bonds. The van der Waals surface area contributed by atoms with E-state index in [0.29, 0.717) is 10.9 Å². The third-order valence-electron chi connectivity index (χ3n) is 5.06. The van der Waals surface area contributed by atoms with E-state index < -0.39 is 0 Å². The van der Waals surface area contributed by atoms with Crippen molar-refractivity contribution in [1.29, 1.82) is 0 Å². The lowest BCUT2D eigenvalue weighted by Crippen LogP contribution is -2.32. The quantitative estimate of drug-likeness (QED) is 0.308. The number of carbonyl (C=O) groups is 1. The first-order valence-corrected chi connectivity index (χ1v) is 10.8. The van der Waals surface area contributed by atoms with E-state index in [1.165, 1.54) is 21.9 Å². The molecule has 6 nitrogen and oxygen atoms in total. The van der Waals surface area contributed by atoms with Crippen molar-refractivity contribution in [2.24, 2.45) is 0 Å². The third kappa shape index (κ3) is 3.66. The van der Waals surface area contributed by atoms with E-state index in [-0.39, 0.29) is 6.15 Å². The van der Waals surface area contributed by atoms with Crippen molar-refractivity contribution < 1.29 is 18.8 Å². The lowest BCUT2D eigenvalue weighted by molar-refractivity contribution is -0.191. The third-order valence-corrected chi connectivity index (χ3v) is 7.17. The number of anilines is 2. The van der Waals surface area contributed by atoms with E-state index in [4.69, 9.17) is 14.0 Å². The zero-order chi connectivity index (χ0) is 21.3. The molecule has 1 aliphatic rings. The molecule has 30 heavy (non-hydrogen) atoms. The highest BCUT2D eigenvalue weighted by Crippen LogP contribution is 2.45. The lowest BCUT2D eigenvalue weighted by Gasteiger charge is -2.27. The summed E-state index contributed by atoms with van der Waals surface area (Å²) in [6, 6.07) is 17.1. The zero-order valence-electron chi connectivity index (χ0n) is 16.3. The van der Waals surface area contributed by atoms with Crippen molar-refractivity contribution >= 4 is 68.3 Å². The van der Waals surface area contributed by atoms with E-state index in [9.17, 15) is 4.79 Å². The van der Waals surface area contributed by atoms with Gasteiger partial charge in [0, 0.05) is 40.0 Å². The lowest BCUT2D eigenvalue weighted by atomic mass is 10.1. The van der Waals surface area contributed by atoms with Gasteiger partial charge in [-0.1, -0.05) is 29.5 Å². The van der Waals surface area contributed by atoms with Crippen LogP contribution in [0.15, 0.2) is 57.8 Å². The SMILES string of the molecule is CC1CN(c2ccccc2)c2cc3oc4sc(C=O)cc4c3cc2SN1C.O=C=O. The van der Waals surface area contributed by atoms with Gasteiger partial charge in [-0.2, -0.15) is 9.59 Å². The molecule has 3 heterocycles. The summed E-state index contributed by atoms with van der Waals surface area (Å²) in [4.78, 5) is 32.4. The van der Waals surface area contributed by atoms with Gasteiger partial charge in [0.1, 0.15) is 5.58 Å². The molecule has 4 aromatic rings. The van der Waals surface area contributed by atoms with Crippen LogP contribution in [0.5, 0.6) is 0 Å². The van der Waals surface area contributed by atoms with Crippen LogP contribution in [0.4, 0.5) is 11.4 Å². The second kappa shape index (κ2) is 8.45. The zero-order valence-corrected chi connectivity index (χ0v) is 18.0. The Hall–Kier alpha value is -2.90. The van der Waals surface area contributed by atoms with Gasteiger partial charge in [0.25, 0.3) is 0 Å². The van der Waals surface area contributed by atoms with E-state index >= 15 is 0 Å². The van der Waals surface area contributed by atoms with Crippen LogP contribution in [0.2, 0.25) is 0 Å². The van der Waals surface area contributed by atoms with Crippen molar-refractivity contribution in [2.75, 3.05) is 18.5 Å². The van der Waals surface area contributed by atoms with Crippen LogP contribution in [0.1, 0.15) is 16.6 Å². The topological polar surface area (TPSA) is 70.8 Å². The van der Waals surface area contributed by atoms with Crippen LogP contribution in [0.25, 0.3) is 21.3 Å². The fourth-order valence-corrected chi connectivity index (χ4v) is 5.36. The fraction of sp³-hybridized carbons (Fsp3) is 0.182. The van der Waals surface area contributed by atoms with Gasteiger partial charge in [-0.15, -0.1) is 0 Å². The molecular weight excluding hydrogens is 420 g/mol. The highest BCUT2D eigenvalue weighted by Gasteiger charge is 2.26. The highest BCUT2D eigenvalue weighted by molar-refractivity contribution is 7.97. The van der Waals surface area contributed by atoms with Gasteiger partial charge in [-0.3, -0.25) is 4.79 Å². The highest BCUT2D eigenvalue weighted by atomic mass is 32.2. The largest absolute Gasteiger partial charge is 0.445 e. The van der Waals surface area contributed by atoms with Gasteiger partial charge in [-0.05, 0) is 50.2 Å². The first-order chi connectivity index (χ1) is 14.5. The molecule has 8 heteroatoms. The second-order valence-corrected chi connectivity index (χ2v) is 9.15. The molecule has 1 unspecified atom stereocenters. The number of benzene rings is 2. The normalized spacial score (nSPS) is 16.5. The Labute approximate surface area is 181 Å². The van der Waals surface area contributed by atoms with E-state index in [2.05, 4.69) is 59.6 Å². The van der Waals surface area contributed by atoms with E-state index in [1.807, 2.05) is 12.1 Å². The monoisotopic (exact) mass is 438 g/mol. The molecule has 2 aromatic heterocycles. The standard InChI is InChI=1S/C21H18N2O2S2.CO2/c1-13-11-23(14-6-4-3-5-7-14)18-10-19-16(9-20(18)27-22(13)2)17-8-15(12-24)26-21(17)25-19;2-1-3/h3-10,12-13H,11H2,1-2H3;. The molecule has 5 rings (SSSR count). The van der Waals surface area contributed by atoms with Crippen molar-refractivity contribution in [1.82, 2.24) is 4.31 Å². The van der Waals surface area contributed by atoms with Gasteiger partial charge >= 0.3 is 6.15 Å². The smallest absolute Gasteiger partial charge is 0.373 e. The Bertz CT molecular complexity index is 1240. The molecule has 0 N–H and O–H groups in total.